The largest absolute Gasteiger partial charge is 0.491 e. The number of aromatic nitrogens is 1. The predicted molar refractivity (Wildman–Crippen MR) is 154 cm³/mol. The van der Waals surface area contributed by atoms with Gasteiger partial charge in [0.2, 0.25) is 0 Å². The summed E-state index contributed by atoms with van der Waals surface area (Å²) in [4.78, 5) is 12.8. The Morgan fingerprint density at radius 3 is 2.67 bits per heavy atom. The fourth-order valence-electron chi connectivity index (χ4n) is 7.12. The monoisotopic (exact) mass is 575 g/mol. The molecule has 3 saturated carbocycles. The molecule has 2 atom stereocenters. The number of alkyl carbamates (subject to hydrolysis) is 1. The number of benzene rings is 1. The SMILES string of the molecule is N#Cc1c(C2C=CC(NC(=O)OC3(C4CCC(F)CC4)CC3)=CC2)n(C2CCC2)c2cc(OCC3COCO3)ccc12. The number of ether oxygens (including phenoxy) is 4. The molecule has 7 rings (SSSR count). The molecule has 5 aliphatic rings. The number of nitriles is 1. The quantitative estimate of drug-likeness (QED) is 0.376. The van der Waals surface area contributed by atoms with Crippen molar-refractivity contribution in [2.24, 2.45) is 5.92 Å². The molecule has 4 fully saturated rings. The molecule has 2 unspecified atom stereocenters. The summed E-state index contributed by atoms with van der Waals surface area (Å²) < 4.78 is 38.7. The fourth-order valence-corrected chi connectivity index (χ4v) is 7.12. The van der Waals surface area contributed by atoms with E-state index in [1.807, 2.05) is 30.4 Å². The lowest BCUT2D eigenvalue weighted by Crippen LogP contribution is -2.36. The highest BCUT2D eigenvalue weighted by atomic mass is 19.1. The summed E-state index contributed by atoms with van der Waals surface area (Å²) in [5.41, 5.74) is 3.04. The number of rotatable bonds is 8. The Hall–Kier alpha value is -3.35. The lowest BCUT2D eigenvalue weighted by atomic mass is 9.83. The number of amides is 1. The van der Waals surface area contributed by atoms with Crippen molar-refractivity contribution in [2.45, 2.75) is 94.0 Å². The summed E-state index contributed by atoms with van der Waals surface area (Å²) in [6.07, 6.45) is 13.2. The molecule has 9 heteroatoms. The molecule has 1 N–H and O–H groups in total. The maximum Gasteiger partial charge on any atom is 0.412 e. The van der Waals surface area contributed by atoms with E-state index in [1.165, 1.54) is 6.42 Å². The van der Waals surface area contributed by atoms with Crippen molar-refractivity contribution in [3.05, 3.63) is 53.4 Å². The van der Waals surface area contributed by atoms with Gasteiger partial charge in [-0.3, -0.25) is 5.32 Å². The van der Waals surface area contributed by atoms with E-state index in [0.29, 0.717) is 56.6 Å². The van der Waals surface area contributed by atoms with Gasteiger partial charge >= 0.3 is 6.09 Å². The average Bonchev–Trinajstić information content (AvgIpc) is 3.42. The van der Waals surface area contributed by atoms with Crippen LogP contribution in [0, 0.1) is 17.2 Å². The van der Waals surface area contributed by atoms with Gasteiger partial charge in [-0.05, 0) is 88.3 Å². The summed E-state index contributed by atoms with van der Waals surface area (Å²) in [5, 5.41) is 14.2. The van der Waals surface area contributed by atoms with Gasteiger partial charge in [0.25, 0.3) is 0 Å². The molecule has 1 aromatic carbocycles. The normalized spacial score (nSPS) is 28.5. The Balaban J connectivity index is 1.07. The van der Waals surface area contributed by atoms with E-state index >= 15 is 0 Å². The van der Waals surface area contributed by atoms with E-state index in [0.717, 1.165) is 60.9 Å². The molecule has 1 saturated heterocycles. The Morgan fingerprint density at radius 1 is 1.19 bits per heavy atom. The van der Waals surface area contributed by atoms with Gasteiger partial charge in [0.05, 0.1) is 17.7 Å². The van der Waals surface area contributed by atoms with Crippen LogP contribution in [0.4, 0.5) is 9.18 Å². The van der Waals surface area contributed by atoms with Gasteiger partial charge in [-0.1, -0.05) is 12.2 Å². The molecule has 4 aliphatic carbocycles. The average molecular weight is 576 g/mol. The Labute approximate surface area is 245 Å². The molecular weight excluding hydrogens is 537 g/mol. The fraction of sp³-hybridized carbons (Fsp3) is 0.576. The van der Waals surface area contributed by atoms with Crippen molar-refractivity contribution in [3.63, 3.8) is 0 Å². The molecule has 2 aromatic rings. The molecule has 42 heavy (non-hydrogen) atoms. The highest BCUT2D eigenvalue weighted by Crippen LogP contribution is 2.51. The number of alkyl halides is 1. The van der Waals surface area contributed by atoms with Crippen molar-refractivity contribution >= 4 is 17.0 Å². The summed E-state index contributed by atoms with van der Waals surface area (Å²) in [6.45, 7) is 1.25. The molecule has 222 valence electrons. The lowest BCUT2D eigenvalue weighted by Gasteiger charge is -2.32. The zero-order valence-electron chi connectivity index (χ0n) is 23.9. The second-order valence-corrected chi connectivity index (χ2v) is 12.5. The highest BCUT2D eigenvalue weighted by Gasteiger charge is 2.53. The van der Waals surface area contributed by atoms with Crippen molar-refractivity contribution in [2.75, 3.05) is 20.0 Å². The molecule has 2 heterocycles. The third-order valence-corrected chi connectivity index (χ3v) is 9.83. The van der Waals surface area contributed by atoms with E-state index in [4.69, 9.17) is 18.9 Å². The zero-order valence-corrected chi connectivity index (χ0v) is 23.9. The van der Waals surface area contributed by atoms with E-state index in [-0.39, 0.29) is 17.9 Å². The standard InChI is InChI=1S/C33H38FN3O5/c34-23-8-6-22(7-9-23)33(14-15-33)42-32(38)36-24-10-4-21(5-11-24)31-29(17-35)28-13-12-26(40-19-27-18-39-20-41-27)16-30(28)37(31)25-2-1-3-25/h4,10-13,16,21-23,25,27H,1-3,5-9,14-15,18-20H2,(H,36,38). The molecule has 0 radical (unpaired) electrons. The van der Waals surface area contributed by atoms with Crippen molar-refractivity contribution < 1.29 is 28.1 Å². The predicted octanol–water partition coefficient (Wildman–Crippen LogP) is 6.70. The van der Waals surface area contributed by atoms with Crippen molar-refractivity contribution in [1.29, 1.82) is 5.26 Å². The lowest BCUT2D eigenvalue weighted by molar-refractivity contribution is 0.0216. The van der Waals surface area contributed by atoms with E-state index in [1.54, 1.807) is 0 Å². The second kappa shape index (κ2) is 11.4. The first kappa shape index (κ1) is 27.5. The van der Waals surface area contributed by atoms with Gasteiger partial charge in [0.1, 0.15) is 43.1 Å². The number of hydrogen-bond donors (Lipinski definition) is 1. The van der Waals surface area contributed by atoms with Crippen LogP contribution in [-0.4, -0.2) is 48.5 Å². The number of carbonyl (C=O) groups excluding carboxylic acids is 1. The minimum atomic E-state index is -0.719. The van der Waals surface area contributed by atoms with E-state index in [2.05, 4.69) is 22.0 Å². The van der Waals surface area contributed by atoms with Crippen LogP contribution in [0.3, 0.4) is 0 Å². The second-order valence-electron chi connectivity index (χ2n) is 12.5. The van der Waals surface area contributed by atoms with Crippen LogP contribution in [0.1, 0.15) is 87.4 Å². The Bertz CT molecular complexity index is 1440. The van der Waals surface area contributed by atoms with Crippen molar-refractivity contribution in [3.8, 4) is 11.8 Å². The number of allylic oxidation sites excluding steroid dienone is 3. The van der Waals surface area contributed by atoms with Gasteiger partial charge in [-0.25, -0.2) is 9.18 Å². The molecular formula is C33H38FN3O5. The minimum Gasteiger partial charge on any atom is -0.491 e. The van der Waals surface area contributed by atoms with Crippen LogP contribution in [0.25, 0.3) is 10.9 Å². The minimum absolute atomic E-state index is 0.00767. The Kier molecular flexibility index (Phi) is 7.45. The maximum absolute atomic E-state index is 13.6. The van der Waals surface area contributed by atoms with Gasteiger partial charge in [-0.2, -0.15) is 5.26 Å². The van der Waals surface area contributed by atoms with Gasteiger partial charge < -0.3 is 23.5 Å². The number of carbonyl (C=O) groups is 1. The first-order chi connectivity index (χ1) is 20.5. The van der Waals surface area contributed by atoms with Gasteiger partial charge in [0, 0.05) is 34.8 Å². The molecule has 0 spiro atoms. The van der Waals surface area contributed by atoms with Crippen LogP contribution in [0.15, 0.2) is 42.1 Å². The Morgan fingerprint density at radius 2 is 2.02 bits per heavy atom. The summed E-state index contributed by atoms with van der Waals surface area (Å²) in [6, 6.07) is 8.81. The molecule has 1 amide bonds. The smallest absolute Gasteiger partial charge is 0.412 e. The van der Waals surface area contributed by atoms with E-state index < -0.39 is 17.9 Å². The number of halogens is 1. The summed E-state index contributed by atoms with van der Waals surface area (Å²) in [7, 11) is 0. The molecule has 8 nitrogen and oxygen atoms in total. The van der Waals surface area contributed by atoms with E-state index in [9.17, 15) is 14.4 Å². The first-order valence-corrected chi connectivity index (χ1v) is 15.5. The summed E-state index contributed by atoms with van der Waals surface area (Å²) >= 11 is 0. The van der Waals surface area contributed by atoms with Crippen LogP contribution < -0.4 is 10.1 Å². The van der Waals surface area contributed by atoms with Gasteiger partial charge in [-0.15, -0.1) is 0 Å². The maximum atomic E-state index is 13.6. The highest BCUT2D eigenvalue weighted by molar-refractivity contribution is 5.90. The third kappa shape index (κ3) is 5.31. The number of nitrogens with one attached hydrogen (secondary N) is 1. The summed E-state index contributed by atoms with van der Waals surface area (Å²) in [5.74, 6) is 1.01. The van der Waals surface area contributed by atoms with Crippen molar-refractivity contribution in [1.82, 2.24) is 9.88 Å². The third-order valence-electron chi connectivity index (χ3n) is 9.83. The topological polar surface area (TPSA) is 94.7 Å². The molecule has 0 bridgehead atoms. The van der Waals surface area contributed by atoms with Crippen LogP contribution in [0.2, 0.25) is 0 Å². The van der Waals surface area contributed by atoms with Gasteiger partial charge in [0.15, 0.2) is 0 Å². The molecule has 1 aliphatic heterocycles. The number of fused-ring (bicyclic) bond motifs is 1. The number of nitrogens with zero attached hydrogens (tertiary/aromatic N) is 2. The van der Waals surface area contributed by atoms with Crippen LogP contribution in [0.5, 0.6) is 5.75 Å². The number of hydrogen-bond acceptors (Lipinski definition) is 6. The van der Waals surface area contributed by atoms with Crippen LogP contribution >= 0.6 is 0 Å². The van der Waals surface area contributed by atoms with Crippen LogP contribution in [-0.2, 0) is 14.2 Å². The zero-order chi connectivity index (χ0) is 28.7. The molecule has 1 aromatic heterocycles. The first-order valence-electron chi connectivity index (χ1n) is 15.5.